The van der Waals surface area contributed by atoms with Crippen molar-refractivity contribution < 1.29 is 9.34 Å². The lowest BCUT2D eigenvalue weighted by Gasteiger charge is -2.01. The van der Waals surface area contributed by atoms with Crippen molar-refractivity contribution in [2.75, 3.05) is 0 Å². The van der Waals surface area contributed by atoms with Crippen LogP contribution in [0.25, 0.3) is 11.5 Å². The first kappa shape index (κ1) is 16.2. The zero-order chi connectivity index (χ0) is 17.1. The van der Waals surface area contributed by atoms with Crippen LogP contribution < -0.4 is 0 Å². The van der Waals surface area contributed by atoms with E-state index < -0.39 is 4.92 Å². The Kier molecular flexibility index (Phi) is 4.61. The minimum atomic E-state index is -0.404. The number of thioether (sulfide) groups is 1. The van der Waals surface area contributed by atoms with Gasteiger partial charge in [-0.05, 0) is 31.0 Å². The predicted molar refractivity (Wildman–Crippen MR) is 91.9 cm³/mol. The Morgan fingerprint density at radius 2 is 2.00 bits per heavy atom. The van der Waals surface area contributed by atoms with E-state index in [0.717, 1.165) is 16.7 Å². The van der Waals surface area contributed by atoms with Crippen LogP contribution in [0.5, 0.6) is 0 Å². The number of nitro groups is 1. The first-order chi connectivity index (χ1) is 11.5. The van der Waals surface area contributed by atoms with Crippen LogP contribution in [0.4, 0.5) is 5.69 Å². The maximum Gasteiger partial charge on any atom is 0.277 e. The Hall–Kier alpha value is -2.67. The monoisotopic (exact) mass is 341 g/mol. The van der Waals surface area contributed by atoms with Gasteiger partial charge in [-0.15, -0.1) is 10.2 Å². The highest BCUT2D eigenvalue weighted by Gasteiger charge is 2.12. The van der Waals surface area contributed by atoms with Gasteiger partial charge in [-0.2, -0.15) is 0 Å². The van der Waals surface area contributed by atoms with E-state index in [-0.39, 0.29) is 5.69 Å². The van der Waals surface area contributed by atoms with Gasteiger partial charge in [-0.1, -0.05) is 41.6 Å². The van der Waals surface area contributed by atoms with E-state index >= 15 is 0 Å². The van der Waals surface area contributed by atoms with E-state index in [4.69, 9.17) is 4.42 Å². The lowest BCUT2D eigenvalue weighted by molar-refractivity contribution is -0.384. The summed E-state index contributed by atoms with van der Waals surface area (Å²) >= 11 is 1.36. The van der Waals surface area contributed by atoms with Gasteiger partial charge in [0, 0.05) is 23.4 Å². The second kappa shape index (κ2) is 6.84. The highest BCUT2D eigenvalue weighted by Crippen LogP contribution is 2.28. The zero-order valence-corrected chi connectivity index (χ0v) is 14.0. The zero-order valence-electron chi connectivity index (χ0n) is 13.2. The Bertz CT molecular complexity index is 892. The first-order valence-corrected chi connectivity index (χ1v) is 8.29. The van der Waals surface area contributed by atoms with Crippen LogP contribution in [0.1, 0.15) is 16.7 Å². The third kappa shape index (κ3) is 3.62. The van der Waals surface area contributed by atoms with Gasteiger partial charge in [0.15, 0.2) is 0 Å². The van der Waals surface area contributed by atoms with Crippen molar-refractivity contribution >= 4 is 17.4 Å². The summed E-state index contributed by atoms with van der Waals surface area (Å²) in [5, 5.41) is 19.4. The van der Waals surface area contributed by atoms with Gasteiger partial charge < -0.3 is 4.42 Å². The average molecular weight is 341 g/mol. The smallest absolute Gasteiger partial charge is 0.277 e. The molecule has 0 bridgehead atoms. The third-order valence-corrected chi connectivity index (χ3v) is 4.39. The molecule has 0 atom stereocenters. The van der Waals surface area contributed by atoms with Gasteiger partial charge in [0.2, 0.25) is 5.89 Å². The van der Waals surface area contributed by atoms with E-state index in [1.807, 2.05) is 32.0 Å². The SMILES string of the molecule is Cc1ccc(-c2nnc(SCc3cccc([N+](=O)[O-])c3)o2)c(C)c1. The Morgan fingerprint density at radius 3 is 2.75 bits per heavy atom. The summed E-state index contributed by atoms with van der Waals surface area (Å²) in [5.74, 6) is 1.00. The molecule has 0 saturated carbocycles. The molecule has 0 amide bonds. The Balaban J connectivity index is 1.72. The summed E-state index contributed by atoms with van der Waals surface area (Å²) < 4.78 is 5.70. The molecule has 2 aromatic carbocycles. The molecule has 0 spiro atoms. The van der Waals surface area contributed by atoms with Crippen molar-refractivity contribution in [3.8, 4) is 11.5 Å². The summed E-state index contributed by atoms with van der Waals surface area (Å²) in [6.07, 6.45) is 0. The molecule has 0 aliphatic rings. The highest BCUT2D eigenvalue weighted by molar-refractivity contribution is 7.98. The third-order valence-electron chi connectivity index (χ3n) is 3.50. The fourth-order valence-corrected chi connectivity index (χ4v) is 3.04. The second-order valence-corrected chi connectivity index (χ2v) is 6.33. The molecule has 0 radical (unpaired) electrons. The minimum Gasteiger partial charge on any atom is -0.411 e. The van der Waals surface area contributed by atoms with Crippen molar-refractivity contribution in [1.29, 1.82) is 0 Å². The number of benzene rings is 2. The van der Waals surface area contributed by atoms with Crippen LogP contribution in [0.3, 0.4) is 0 Å². The van der Waals surface area contributed by atoms with Crippen molar-refractivity contribution in [1.82, 2.24) is 10.2 Å². The molecule has 0 aliphatic heterocycles. The van der Waals surface area contributed by atoms with Crippen molar-refractivity contribution in [3.05, 3.63) is 69.3 Å². The number of rotatable bonds is 5. The van der Waals surface area contributed by atoms with E-state index in [0.29, 0.717) is 16.9 Å². The molecule has 7 heteroatoms. The van der Waals surface area contributed by atoms with Gasteiger partial charge >= 0.3 is 0 Å². The number of hydrogen-bond donors (Lipinski definition) is 0. The van der Waals surface area contributed by atoms with Gasteiger partial charge in [0.05, 0.1) is 4.92 Å². The van der Waals surface area contributed by atoms with E-state index in [2.05, 4.69) is 16.3 Å². The van der Waals surface area contributed by atoms with E-state index in [9.17, 15) is 10.1 Å². The highest BCUT2D eigenvalue weighted by atomic mass is 32.2. The van der Waals surface area contributed by atoms with Crippen molar-refractivity contribution in [3.63, 3.8) is 0 Å². The summed E-state index contributed by atoms with van der Waals surface area (Å²) in [6.45, 7) is 4.04. The molecule has 6 nitrogen and oxygen atoms in total. The fraction of sp³-hybridized carbons (Fsp3) is 0.176. The second-order valence-electron chi connectivity index (χ2n) is 5.41. The van der Waals surface area contributed by atoms with Crippen LogP contribution in [-0.2, 0) is 5.75 Å². The molecule has 122 valence electrons. The summed E-state index contributed by atoms with van der Waals surface area (Å²) in [5.41, 5.74) is 4.08. The lowest BCUT2D eigenvalue weighted by atomic mass is 10.1. The quantitative estimate of drug-likeness (QED) is 0.384. The maximum atomic E-state index is 10.8. The van der Waals surface area contributed by atoms with Gasteiger partial charge in [-0.25, -0.2) is 0 Å². The van der Waals surface area contributed by atoms with Crippen LogP contribution in [0.2, 0.25) is 0 Å². The Labute approximate surface area is 143 Å². The molecule has 0 aliphatic carbocycles. The topological polar surface area (TPSA) is 82.1 Å². The Morgan fingerprint density at radius 1 is 1.17 bits per heavy atom. The summed E-state index contributed by atoms with van der Waals surface area (Å²) in [7, 11) is 0. The molecule has 3 rings (SSSR count). The number of nitro benzene ring substituents is 1. The van der Waals surface area contributed by atoms with Crippen molar-refractivity contribution in [2.24, 2.45) is 0 Å². The van der Waals surface area contributed by atoms with Gasteiger partial charge in [0.25, 0.3) is 10.9 Å². The molecule has 1 aromatic heterocycles. The number of nitrogens with zero attached hydrogens (tertiary/aromatic N) is 3. The first-order valence-electron chi connectivity index (χ1n) is 7.30. The standard InChI is InChI=1S/C17H15N3O3S/c1-11-6-7-15(12(2)8-11)16-18-19-17(23-16)24-10-13-4-3-5-14(9-13)20(21)22/h3-9H,10H2,1-2H3. The van der Waals surface area contributed by atoms with Crippen LogP contribution in [0.15, 0.2) is 52.1 Å². The van der Waals surface area contributed by atoms with Gasteiger partial charge in [0.1, 0.15) is 0 Å². The number of hydrogen-bond acceptors (Lipinski definition) is 6. The molecule has 1 heterocycles. The van der Waals surface area contributed by atoms with Crippen molar-refractivity contribution in [2.45, 2.75) is 24.8 Å². The molecule has 0 fully saturated rings. The van der Waals surface area contributed by atoms with E-state index in [1.165, 1.54) is 23.4 Å². The molecule has 0 saturated heterocycles. The number of non-ortho nitro benzene ring substituents is 1. The minimum absolute atomic E-state index is 0.0783. The molecule has 0 N–H and O–H groups in total. The molecule has 0 unspecified atom stereocenters. The average Bonchev–Trinajstić information content (AvgIpc) is 3.02. The normalized spacial score (nSPS) is 10.8. The summed E-state index contributed by atoms with van der Waals surface area (Å²) in [6, 6.07) is 12.6. The molecule has 3 aromatic rings. The lowest BCUT2D eigenvalue weighted by Crippen LogP contribution is -1.89. The molecular weight excluding hydrogens is 326 g/mol. The van der Waals surface area contributed by atoms with E-state index in [1.54, 1.807) is 12.1 Å². The van der Waals surface area contributed by atoms with Gasteiger partial charge in [-0.3, -0.25) is 10.1 Å². The summed E-state index contributed by atoms with van der Waals surface area (Å²) in [4.78, 5) is 10.4. The number of aryl methyl sites for hydroxylation is 2. The van der Waals surface area contributed by atoms with Crippen LogP contribution in [0, 0.1) is 24.0 Å². The fourth-order valence-electron chi connectivity index (χ4n) is 2.34. The largest absolute Gasteiger partial charge is 0.411 e. The molecular formula is C17H15N3O3S. The molecule has 24 heavy (non-hydrogen) atoms. The number of aromatic nitrogens is 2. The maximum absolute atomic E-state index is 10.8. The predicted octanol–water partition coefficient (Wildman–Crippen LogP) is 4.55. The van der Waals surface area contributed by atoms with Crippen LogP contribution in [-0.4, -0.2) is 15.1 Å². The van der Waals surface area contributed by atoms with Crippen LogP contribution >= 0.6 is 11.8 Å².